The van der Waals surface area contributed by atoms with E-state index in [9.17, 15) is 14.4 Å². The molecule has 8 heteroatoms. The van der Waals surface area contributed by atoms with E-state index >= 15 is 0 Å². The van der Waals surface area contributed by atoms with Gasteiger partial charge < -0.3 is 24.6 Å². The van der Waals surface area contributed by atoms with Gasteiger partial charge in [-0.3, -0.25) is 4.79 Å². The normalized spacial score (nSPS) is 23.7. The molecule has 38 heavy (non-hydrogen) atoms. The Morgan fingerprint density at radius 1 is 1.05 bits per heavy atom. The maximum atomic E-state index is 13.5. The molecule has 1 amide bonds. The van der Waals surface area contributed by atoms with Crippen molar-refractivity contribution in [3.05, 3.63) is 47.7 Å². The van der Waals surface area contributed by atoms with Crippen molar-refractivity contribution in [3.8, 4) is 0 Å². The first-order chi connectivity index (χ1) is 18.1. The van der Waals surface area contributed by atoms with Crippen molar-refractivity contribution in [2.75, 3.05) is 20.6 Å². The van der Waals surface area contributed by atoms with Crippen LogP contribution in [0.5, 0.6) is 0 Å². The largest absolute Gasteiger partial charge is 0.478 e. The number of benzene rings is 1. The highest BCUT2D eigenvalue weighted by molar-refractivity contribution is 5.90. The van der Waals surface area contributed by atoms with E-state index in [0.717, 1.165) is 19.4 Å². The van der Waals surface area contributed by atoms with Gasteiger partial charge in [0.15, 0.2) is 0 Å². The Labute approximate surface area is 224 Å². The van der Waals surface area contributed by atoms with Gasteiger partial charge in [0.2, 0.25) is 5.91 Å². The second-order valence-electron chi connectivity index (χ2n) is 11.4. The van der Waals surface area contributed by atoms with E-state index in [1.165, 1.54) is 54.1 Å². The summed E-state index contributed by atoms with van der Waals surface area (Å²) in [5.74, 6) is -1.56. The smallest absolute Gasteiger partial charge is 0.328 e. The number of carbonyl (C=O) groups excluding carboxylic acids is 1. The van der Waals surface area contributed by atoms with Gasteiger partial charge in [-0.15, -0.1) is 0 Å². The van der Waals surface area contributed by atoms with Gasteiger partial charge in [-0.05, 0) is 63.8 Å². The van der Waals surface area contributed by atoms with Crippen molar-refractivity contribution in [2.24, 2.45) is 5.92 Å². The van der Waals surface area contributed by atoms with Crippen molar-refractivity contribution in [3.63, 3.8) is 0 Å². The molecule has 0 bridgehead atoms. The third-order valence-electron chi connectivity index (χ3n) is 8.62. The first-order valence-corrected chi connectivity index (χ1v) is 13.8. The molecule has 0 spiro atoms. The zero-order valence-electron chi connectivity index (χ0n) is 23.0. The van der Waals surface area contributed by atoms with E-state index in [2.05, 4.69) is 66.7 Å². The van der Waals surface area contributed by atoms with Crippen molar-refractivity contribution in [2.45, 2.75) is 82.8 Å². The summed E-state index contributed by atoms with van der Waals surface area (Å²) in [5.41, 5.74) is 4.33. The second-order valence-corrected chi connectivity index (χ2v) is 11.4. The van der Waals surface area contributed by atoms with Gasteiger partial charge in [-0.1, -0.05) is 31.4 Å². The van der Waals surface area contributed by atoms with Crippen molar-refractivity contribution in [1.82, 2.24) is 14.4 Å². The molecule has 3 aliphatic rings. The number of amides is 1. The van der Waals surface area contributed by atoms with Crippen molar-refractivity contribution in [1.29, 1.82) is 0 Å². The molecule has 2 fully saturated rings. The topological polar surface area (TPSA) is 103 Å². The number of fused-ring (bicyclic) bond motifs is 2. The van der Waals surface area contributed by atoms with Crippen LogP contribution in [-0.4, -0.2) is 75.1 Å². The number of likely N-dealkylation sites (N-methyl/N-ethyl adjacent to an activating group) is 1. The maximum Gasteiger partial charge on any atom is 0.328 e. The Bertz CT molecular complexity index is 1190. The monoisotopic (exact) mass is 523 g/mol. The van der Waals surface area contributed by atoms with Gasteiger partial charge >= 0.3 is 11.9 Å². The lowest BCUT2D eigenvalue weighted by Gasteiger charge is -2.46. The third-order valence-corrected chi connectivity index (χ3v) is 8.62. The maximum absolute atomic E-state index is 13.5. The first-order valence-electron chi connectivity index (χ1n) is 13.8. The van der Waals surface area contributed by atoms with E-state index in [1.54, 1.807) is 0 Å². The number of aliphatic carboxylic acids is 2. The Morgan fingerprint density at radius 2 is 1.71 bits per heavy atom. The van der Waals surface area contributed by atoms with Gasteiger partial charge in [0.1, 0.15) is 0 Å². The molecule has 2 N–H and O–H groups in total. The molecular formula is C30H41N3O5. The molecule has 1 aromatic carbocycles. The number of piperidine rings is 1. The minimum atomic E-state index is -1.26. The molecule has 2 aromatic rings. The van der Waals surface area contributed by atoms with Crippen LogP contribution in [0.1, 0.15) is 75.5 Å². The standard InChI is InChI=1S/C26H37N3O.C4H4O4/c1-17(2)29-16-18-14-24-22(21-11-8-12-23(29)25(18)21)13-19(15-27(24)3)26(30)28(4)20-9-6-5-7-10-20;5-3(6)1-2-4(7)8/h8,11-12,16-17,19-20,22,24H,5-7,9-10,13-15H2,1-4H3;1-2H,(H,5,6)(H,7,8)/b;2-1-/t19-,22-,24-;/m1./s1. The van der Waals surface area contributed by atoms with E-state index in [4.69, 9.17) is 10.2 Å². The summed E-state index contributed by atoms with van der Waals surface area (Å²) >= 11 is 0. The lowest BCUT2D eigenvalue weighted by atomic mass is 9.72. The number of carboxylic acids is 2. The molecule has 8 nitrogen and oxygen atoms in total. The van der Waals surface area contributed by atoms with Crippen LogP contribution >= 0.6 is 0 Å². The fraction of sp³-hybridized carbons (Fsp3) is 0.567. The number of rotatable bonds is 5. The van der Waals surface area contributed by atoms with E-state index in [-0.39, 0.29) is 5.92 Å². The molecule has 1 aromatic heterocycles. The Kier molecular flexibility index (Phi) is 8.61. The predicted molar refractivity (Wildman–Crippen MR) is 147 cm³/mol. The van der Waals surface area contributed by atoms with Gasteiger partial charge in [0.05, 0.1) is 5.92 Å². The molecule has 1 saturated heterocycles. The SMILES string of the molecule is CC(C)n1cc2c3c(cccc31)[C@H]1C[C@@H](C(=O)N(C)C3CCCCC3)CN(C)[C@@H]1C2.O=C(O)/C=C\C(=O)O. The lowest BCUT2D eigenvalue weighted by molar-refractivity contribution is -0.139. The molecule has 206 valence electrons. The van der Waals surface area contributed by atoms with Crippen LogP contribution in [-0.2, 0) is 20.8 Å². The average Bonchev–Trinajstić information content (AvgIpc) is 3.28. The van der Waals surface area contributed by atoms with E-state index < -0.39 is 11.9 Å². The number of hydrogen-bond acceptors (Lipinski definition) is 4. The highest BCUT2D eigenvalue weighted by atomic mass is 16.4. The summed E-state index contributed by atoms with van der Waals surface area (Å²) in [6.45, 7) is 5.43. The first kappa shape index (κ1) is 27.9. The Hall–Kier alpha value is -3.13. The third kappa shape index (κ3) is 5.80. The predicted octanol–water partition coefficient (Wildman–Crippen LogP) is 4.69. The summed E-state index contributed by atoms with van der Waals surface area (Å²) in [7, 11) is 4.30. The van der Waals surface area contributed by atoms with Crippen LogP contribution in [0.15, 0.2) is 36.5 Å². The number of aromatic nitrogens is 1. The zero-order valence-corrected chi connectivity index (χ0v) is 23.0. The van der Waals surface area contributed by atoms with Gasteiger partial charge in [0, 0.05) is 66.9 Å². The van der Waals surface area contributed by atoms with Gasteiger partial charge in [-0.2, -0.15) is 0 Å². The molecule has 1 aliphatic heterocycles. The summed E-state index contributed by atoms with van der Waals surface area (Å²) < 4.78 is 2.44. The van der Waals surface area contributed by atoms with Crippen LogP contribution in [0.25, 0.3) is 10.9 Å². The van der Waals surface area contributed by atoms with Crippen LogP contribution < -0.4 is 0 Å². The van der Waals surface area contributed by atoms with Gasteiger partial charge in [0.25, 0.3) is 0 Å². The Balaban J connectivity index is 0.000000368. The second kappa shape index (κ2) is 11.7. The van der Waals surface area contributed by atoms with Crippen molar-refractivity contribution >= 4 is 28.7 Å². The molecule has 1 saturated carbocycles. The molecule has 0 radical (unpaired) electrons. The quantitative estimate of drug-likeness (QED) is 0.552. The highest BCUT2D eigenvalue weighted by Crippen LogP contribution is 2.45. The molecular weight excluding hydrogens is 482 g/mol. The highest BCUT2D eigenvalue weighted by Gasteiger charge is 2.43. The minimum absolute atomic E-state index is 0.118. The molecule has 2 heterocycles. The fourth-order valence-corrected chi connectivity index (χ4v) is 6.76. The lowest BCUT2D eigenvalue weighted by Crippen LogP contribution is -2.52. The summed E-state index contributed by atoms with van der Waals surface area (Å²) in [6.07, 6.45) is 11.8. The van der Waals surface area contributed by atoms with Crippen LogP contribution in [0, 0.1) is 5.92 Å². The van der Waals surface area contributed by atoms with Crippen molar-refractivity contribution < 1.29 is 24.6 Å². The molecule has 3 atom stereocenters. The number of hydrogen-bond donors (Lipinski definition) is 2. The number of likely N-dealkylation sites (tertiary alicyclic amines) is 1. The number of nitrogens with zero attached hydrogens (tertiary/aromatic N) is 3. The Morgan fingerprint density at radius 3 is 2.32 bits per heavy atom. The van der Waals surface area contributed by atoms with Crippen LogP contribution in [0.3, 0.4) is 0 Å². The molecule has 5 rings (SSSR count). The molecule has 2 aliphatic carbocycles. The number of carboxylic acid groups (broad SMARTS) is 2. The summed E-state index contributed by atoms with van der Waals surface area (Å²) in [6, 6.07) is 8.26. The molecule has 0 unspecified atom stereocenters. The van der Waals surface area contributed by atoms with E-state index in [0.29, 0.717) is 42.1 Å². The fourth-order valence-electron chi connectivity index (χ4n) is 6.76. The van der Waals surface area contributed by atoms with Crippen LogP contribution in [0.4, 0.5) is 0 Å². The van der Waals surface area contributed by atoms with Crippen LogP contribution in [0.2, 0.25) is 0 Å². The number of carbonyl (C=O) groups is 3. The van der Waals surface area contributed by atoms with E-state index in [1.807, 2.05) is 0 Å². The summed E-state index contributed by atoms with van der Waals surface area (Å²) in [5, 5.41) is 17.1. The summed E-state index contributed by atoms with van der Waals surface area (Å²) in [4.78, 5) is 37.2. The van der Waals surface area contributed by atoms with Gasteiger partial charge in [-0.25, -0.2) is 9.59 Å². The average molecular weight is 524 g/mol. The zero-order chi connectivity index (χ0) is 27.6. The minimum Gasteiger partial charge on any atom is -0.478 e.